The highest BCUT2D eigenvalue weighted by Gasteiger charge is 2.05. The summed E-state index contributed by atoms with van der Waals surface area (Å²) >= 11 is 1.10. The van der Waals surface area contributed by atoms with Crippen molar-refractivity contribution in [3.8, 4) is 0 Å². The molecule has 4 nitrogen and oxygen atoms in total. The predicted octanol–water partition coefficient (Wildman–Crippen LogP) is 2.25. The monoisotopic (exact) mass is 185 g/mol. The molecule has 0 bridgehead atoms. The van der Waals surface area contributed by atoms with E-state index in [0.29, 0.717) is 0 Å². The van der Waals surface area contributed by atoms with Crippen LogP contribution in [0.1, 0.15) is 0 Å². The Morgan fingerprint density at radius 3 is 2.92 bits per heavy atom. The minimum atomic E-state index is -0.431. The maximum absolute atomic E-state index is 10.3. The molecular formula is C7H7NO3S. The first kappa shape index (κ1) is 9.02. The molecule has 64 valence electrons. The van der Waals surface area contributed by atoms with Gasteiger partial charge in [0.25, 0.3) is 5.69 Å². The fourth-order valence-corrected chi connectivity index (χ4v) is 1.24. The van der Waals surface area contributed by atoms with E-state index < -0.39 is 4.92 Å². The molecule has 0 amide bonds. The molecule has 0 spiro atoms. The van der Waals surface area contributed by atoms with Gasteiger partial charge < -0.3 is 4.18 Å². The Morgan fingerprint density at radius 1 is 1.58 bits per heavy atom. The van der Waals surface area contributed by atoms with Crippen molar-refractivity contribution in [2.24, 2.45) is 0 Å². The van der Waals surface area contributed by atoms with Crippen LogP contribution < -0.4 is 0 Å². The van der Waals surface area contributed by atoms with E-state index in [-0.39, 0.29) is 5.69 Å². The molecule has 0 aromatic heterocycles. The molecule has 5 heteroatoms. The zero-order chi connectivity index (χ0) is 8.97. The van der Waals surface area contributed by atoms with Crippen molar-refractivity contribution in [2.75, 3.05) is 7.11 Å². The van der Waals surface area contributed by atoms with Crippen LogP contribution in [0.4, 0.5) is 5.69 Å². The van der Waals surface area contributed by atoms with Crippen molar-refractivity contribution in [1.82, 2.24) is 0 Å². The Hall–Kier alpha value is -1.07. The van der Waals surface area contributed by atoms with Gasteiger partial charge in [-0.3, -0.25) is 10.1 Å². The molecule has 1 aromatic carbocycles. The van der Waals surface area contributed by atoms with Gasteiger partial charge in [-0.25, -0.2) is 0 Å². The Morgan fingerprint density at radius 2 is 2.33 bits per heavy atom. The molecule has 0 aliphatic heterocycles. The SMILES string of the molecule is COSc1cccc([N+](=O)[O-])c1. The lowest BCUT2D eigenvalue weighted by Gasteiger charge is -1.96. The molecule has 0 radical (unpaired) electrons. The largest absolute Gasteiger partial charge is 0.314 e. The summed E-state index contributed by atoms with van der Waals surface area (Å²) < 4.78 is 4.76. The third-order valence-corrected chi connectivity index (χ3v) is 1.82. The van der Waals surface area contributed by atoms with E-state index in [1.54, 1.807) is 12.1 Å². The summed E-state index contributed by atoms with van der Waals surface area (Å²) in [5.41, 5.74) is 0.0806. The zero-order valence-electron chi connectivity index (χ0n) is 6.39. The molecule has 0 N–H and O–H groups in total. The van der Waals surface area contributed by atoms with E-state index in [1.807, 2.05) is 0 Å². The van der Waals surface area contributed by atoms with Gasteiger partial charge in [-0.05, 0) is 6.07 Å². The van der Waals surface area contributed by atoms with Crippen LogP contribution >= 0.6 is 12.0 Å². The first-order valence-electron chi connectivity index (χ1n) is 3.19. The van der Waals surface area contributed by atoms with Crippen LogP contribution in [-0.4, -0.2) is 12.0 Å². The van der Waals surface area contributed by atoms with Crippen molar-refractivity contribution >= 4 is 17.7 Å². The molecule has 1 aromatic rings. The number of non-ortho nitro benzene ring substituents is 1. The fraction of sp³-hybridized carbons (Fsp3) is 0.143. The molecule has 0 saturated heterocycles. The van der Waals surface area contributed by atoms with E-state index in [9.17, 15) is 10.1 Å². The van der Waals surface area contributed by atoms with Crippen molar-refractivity contribution < 1.29 is 9.11 Å². The number of nitro groups is 1. The highest BCUT2D eigenvalue weighted by molar-refractivity contribution is 7.94. The molecule has 0 fully saturated rings. The molecule has 0 heterocycles. The second-order valence-corrected chi connectivity index (χ2v) is 2.98. The summed E-state index contributed by atoms with van der Waals surface area (Å²) in [4.78, 5) is 10.6. The lowest BCUT2D eigenvalue weighted by molar-refractivity contribution is -0.385. The maximum Gasteiger partial charge on any atom is 0.270 e. The minimum Gasteiger partial charge on any atom is -0.314 e. The van der Waals surface area contributed by atoms with Gasteiger partial charge in [-0.1, -0.05) is 6.07 Å². The third-order valence-electron chi connectivity index (χ3n) is 1.21. The van der Waals surface area contributed by atoms with E-state index in [2.05, 4.69) is 0 Å². The number of rotatable bonds is 3. The summed E-state index contributed by atoms with van der Waals surface area (Å²) in [6.45, 7) is 0. The average molecular weight is 185 g/mol. The number of nitrogens with zero attached hydrogens (tertiary/aromatic N) is 1. The molecular weight excluding hydrogens is 178 g/mol. The van der Waals surface area contributed by atoms with Gasteiger partial charge in [-0.15, -0.1) is 0 Å². The van der Waals surface area contributed by atoms with E-state index in [4.69, 9.17) is 4.18 Å². The van der Waals surface area contributed by atoms with Gasteiger partial charge in [0.05, 0.1) is 12.0 Å². The number of hydrogen-bond donors (Lipinski definition) is 0. The Bertz CT molecular complexity index is 290. The number of benzene rings is 1. The Kier molecular flexibility index (Phi) is 3.07. The summed E-state index contributed by atoms with van der Waals surface area (Å²) in [5, 5.41) is 10.3. The van der Waals surface area contributed by atoms with Crippen LogP contribution in [0.2, 0.25) is 0 Å². The molecule has 0 unspecified atom stereocenters. The van der Waals surface area contributed by atoms with E-state index >= 15 is 0 Å². The Labute approximate surface area is 73.9 Å². The van der Waals surface area contributed by atoms with Crippen LogP contribution in [0.15, 0.2) is 29.2 Å². The normalized spacial score (nSPS) is 9.75. The van der Waals surface area contributed by atoms with Crippen LogP contribution in [-0.2, 0) is 4.18 Å². The van der Waals surface area contributed by atoms with Gasteiger partial charge in [0.15, 0.2) is 0 Å². The van der Waals surface area contributed by atoms with Crippen molar-refractivity contribution in [3.05, 3.63) is 34.4 Å². The summed E-state index contributed by atoms with van der Waals surface area (Å²) in [6.07, 6.45) is 0. The van der Waals surface area contributed by atoms with Crippen LogP contribution in [0.3, 0.4) is 0 Å². The summed E-state index contributed by atoms with van der Waals surface area (Å²) in [6, 6.07) is 6.29. The first-order valence-corrected chi connectivity index (χ1v) is 3.93. The highest BCUT2D eigenvalue weighted by atomic mass is 32.2. The smallest absolute Gasteiger partial charge is 0.270 e. The minimum absolute atomic E-state index is 0.0806. The topological polar surface area (TPSA) is 52.4 Å². The van der Waals surface area contributed by atoms with Crippen molar-refractivity contribution in [3.63, 3.8) is 0 Å². The van der Waals surface area contributed by atoms with Crippen LogP contribution in [0.5, 0.6) is 0 Å². The second kappa shape index (κ2) is 4.08. The number of hydrogen-bond acceptors (Lipinski definition) is 4. The number of nitro benzene ring substituents is 1. The molecule has 1 rings (SSSR count). The predicted molar refractivity (Wildman–Crippen MR) is 46.0 cm³/mol. The quantitative estimate of drug-likeness (QED) is 0.411. The maximum atomic E-state index is 10.3. The van der Waals surface area contributed by atoms with Gasteiger partial charge in [0, 0.05) is 29.1 Å². The second-order valence-electron chi connectivity index (χ2n) is 2.00. The van der Waals surface area contributed by atoms with Gasteiger partial charge in [-0.2, -0.15) is 0 Å². The van der Waals surface area contributed by atoms with Gasteiger partial charge in [0.1, 0.15) is 0 Å². The zero-order valence-corrected chi connectivity index (χ0v) is 7.21. The molecule has 0 atom stereocenters. The standard InChI is InChI=1S/C7H7NO3S/c1-11-12-7-4-2-3-6(5-7)8(9)10/h2-5H,1H3. The lowest BCUT2D eigenvalue weighted by Crippen LogP contribution is -1.86. The Balaban J connectivity index is 2.88. The summed E-state index contributed by atoms with van der Waals surface area (Å²) in [5.74, 6) is 0. The lowest BCUT2D eigenvalue weighted by atomic mass is 10.3. The van der Waals surface area contributed by atoms with E-state index in [1.165, 1.54) is 19.2 Å². The highest BCUT2D eigenvalue weighted by Crippen LogP contribution is 2.22. The summed E-state index contributed by atoms with van der Waals surface area (Å²) in [7, 11) is 1.52. The molecule has 12 heavy (non-hydrogen) atoms. The third kappa shape index (κ3) is 2.21. The van der Waals surface area contributed by atoms with Crippen LogP contribution in [0, 0.1) is 10.1 Å². The molecule has 0 aliphatic carbocycles. The van der Waals surface area contributed by atoms with Gasteiger partial charge in [0.2, 0.25) is 0 Å². The fourth-order valence-electron chi connectivity index (χ4n) is 0.745. The van der Waals surface area contributed by atoms with Crippen molar-refractivity contribution in [1.29, 1.82) is 0 Å². The molecule has 0 saturated carbocycles. The van der Waals surface area contributed by atoms with Crippen LogP contribution in [0.25, 0.3) is 0 Å². The van der Waals surface area contributed by atoms with Crippen molar-refractivity contribution in [2.45, 2.75) is 4.90 Å². The average Bonchev–Trinajstić information content (AvgIpc) is 2.05. The first-order chi connectivity index (χ1) is 5.74. The van der Waals surface area contributed by atoms with Gasteiger partial charge >= 0.3 is 0 Å². The van der Waals surface area contributed by atoms with E-state index in [0.717, 1.165) is 16.9 Å². The molecule has 0 aliphatic rings.